The van der Waals surface area contributed by atoms with Gasteiger partial charge >= 0.3 is 0 Å². The molecule has 1 aromatic heterocycles. The molecule has 0 bridgehead atoms. The number of hydrogen-bond acceptors (Lipinski definition) is 4. The maximum Gasteiger partial charge on any atom is 0.228 e. The van der Waals surface area contributed by atoms with Crippen molar-refractivity contribution in [1.29, 1.82) is 0 Å². The molecule has 1 aliphatic heterocycles. The highest BCUT2D eigenvalue weighted by Gasteiger charge is 2.36. The van der Waals surface area contributed by atoms with Crippen LogP contribution in [-0.2, 0) is 14.8 Å². The van der Waals surface area contributed by atoms with Gasteiger partial charge in [-0.1, -0.05) is 11.6 Å². The van der Waals surface area contributed by atoms with Gasteiger partial charge in [-0.25, -0.2) is 17.5 Å². The Hall–Kier alpha value is -1.000. The molecule has 3 rings (SSSR count). The van der Waals surface area contributed by atoms with Crippen molar-refractivity contribution in [2.24, 2.45) is 5.92 Å². The van der Waals surface area contributed by atoms with Gasteiger partial charge in [0.2, 0.25) is 15.9 Å². The first-order valence-corrected chi connectivity index (χ1v) is 10.9. The highest BCUT2D eigenvalue weighted by molar-refractivity contribution is 9.11. The maximum atomic E-state index is 13.2. The number of amides is 1. The van der Waals surface area contributed by atoms with Gasteiger partial charge in [0.15, 0.2) is 0 Å². The van der Waals surface area contributed by atoms with Crippen LogP contribution in [0.15, 0.2) is 34.1 Å². The minimum absolute atomic E-state index is 0.114. The molecule has 5 nitrogen and oxygen atoms in total. The minimum Gasteiger partial charge on any atom is -0.326 e. The van der Waals surface area contributed by atoms with Crippen LogP contribution in [0.1, 0.15) is 17.3 Å². The van der Waals surface area contributed by atoms with Gasteiger partial charge in [0.25, 0.3) is 0 Å². The van der Waals surface area contributed by atoms with Crippen LogP contribution in [0.3, 0.4) is 0 Å². The van der Waals surface area contributed by atoms with Crippen LogP contribution in [-0.4, -0.2) is 20.1 Å². The average molecular weight is 468 g/mol. The van der Waals surface area contributed by atoms with Crippen molar-refractivity contribution in [1.82, 2.24) is 4.72 Å². The summed E-state index contributed by atoms with van der Waals surface area (Å²) in [5.74, 6) is -2.04. The second-order valence-electron chi connectivity index (χ2n) is 5.64. The van der Waals surface area contributed by atoms with Crippen LogP contribution >= 0.6 is 38.9 Å². The van der Waals surface area contributed by atoms with E-state index in [0.717, 1.165) is 14.7 Å². The van der Waals surface area contributed by atoms with E-state index in [1.54, 1.807) is 0 Å². The first-order valence-electron chi connectivity index (χ1n) is 7.24. The topological polar surface area (TPSA) is 75.3 Å². The highest BCUT2D eigenvalue weighted by Crippen LogP contribution is 2.34. The molecule has 0 saturated carbocycles. The molecule has 0 spiro atoms. The zero-order valence-corrected chi connectivity index (χ0v) is 16.6. The third-order valence-corrected chi connectivity index (χ3v) is 7.27. The van der Waals surface area contributed by atoms with E-state index < -0.39 is 33.7 Å². The largest absolute Gasteiger partial charge is 0.326 e. The summed E-state index contributed by atoms with van der Waals surface area (Å²) < 4.78 is 41.0. The summed E-state index contributed by atoms with van der Waals surface area (Å²) in [6, 6.07) is 7.01. The molecule has 2 unspecified atom stereocenters. The van der Waals surface area contributed by atoms with Gasteiger partial charge < -0.3 is 5.32 Å². The minimum atomic E-state index is -3.58. The van der Waals surface area contributed by atoms with Crippen LogP contribution in [0.4, 0.5) is 10.1 Å². The van der Waals surface area contributed by atoms with Gasteiger partial charge in [-0.15, -0.1) is 11.3 Å². The van der Waals surface area contributed by atoms with Crippen molar-refractivity contribution in [3.8, 4) is 0 Å². The van der Waals surface area contributed by atoms with Crippen molar-refractivity contribution in [2.75, 3.05) is 11.1 Å². The zero-order chi connectivity index (χ0) is 18.2. The van der Waals surface area contributed by atoms with Crippen LogP contribution in [0, 0.1) is 11.7 Å². The van der Waals surface area contributed by atoms with Crippen molar-refractivity contribution < 1.29 is 17.6 Å². The van der Waals surface area contributed by atoms with E-state index in [0.29, 0.717) is 12.1 Å². The third-order valence-electron chi connectivity index (χ3n) is 3.76. The van der Waals surface area contributed by atoms with Gasteiger partial charge in [0.1, 0.15) is 5.82 Å². The average Bonchev–Trinajstić information content (AvgIpc) is 2.96. The van der Waals surface area contributed by atoms with Crippen LogP contribution in [0.25, 0.3) is 0 Å². The van der Waals surface area contributed by atoms with Gasteiger partial charge in [0, 0.05) is 10.6 Å². The molecule has 2 aromatic rings. The summed E-state index contributed by atoms with van der Waals surface area (Å²) in [5.41, 5.74) is 0.322. The lowest BCUT2D eigenvalue weighted by Gasteiger charge is -2.28. The number of thiophene rings is 1. The van der Waals surface area contributed by atoms with Crippen molar-refractivity contribution in [2.45, 2.75) is 12.5 Å². The summed E-state index contributed by atoms with van der Waals surface area (Å²) in [5, 5.41) is 2.49. The molecular formula is C15H13BrClFN2O3S2. The Morgan fingerprint density at radius 2 is 2.12 bits per heavy atom. The van der Waals surface area contributed by atoms with E-state index in [1.165, 1.54) is 23.5 Å². The molecule has 2 atom stereocenters. The molecule has 25 heavy (non-hydrogen) atoms. The SMILES string of the molecule is O=C(Nc1ccc(F)c(Cl)c1)C1CC(c2ccc(Br)s2)NS(=O)(=O)C1. The Kier molecular flexibility index (Phi) is 5.50. The highest BCUT2D eigenvalue weighted by atomic mass is 79.9. The lowest BCUT2D eigenvalue weighted by atomic mass is 9.99. The van der Waals surface area contributed by atoms with Crippen LogP contribution in [0.2, 0.25) is 5.02 Å². The standard InChI is InChI=1S/C15H13BrClFN2O3S2/c16-14-4-3-13(24-14)12-5-8(7-25(22,23)20-12)15(21)19-9-1-2-11(18)10(17)6-9/h1-4,6,8,12,20H,5,7H2,(H,19,21). The summed E-state index contributed by atoms with van der Waals surface area (Å²) in [4.78, 5) is 13.3. The normalized spacial score (nSPS) is 22.5. The monoisotopic (exact) mass is 466 g/mol. The molecule has 134 valence electrons. The number of halogens is 3. The first kappa shape index (κ1) is 18.8. The molecule has 10 heteroatoms. The summed E-state index contributed by atoms with van der Waals surface area (Å²) >= 11 is 10.5. The van der Waals surface area contributed by atoms with E-state index in [-0.39, 0.29) is 10.8 Å². The summed E-state index contributed by atoms with van der Waals surface area (Å²) in [6.07, 6.45) is 0.340. The smallest absolute Gasteiger partial charge is 0.228 e. The second-order valence-corrected chi connectivity index (χ2v) is 10.3. The Labute approximate surface area is 161 Å². The third kappa shape index (κ3) is 4.59. The fourth-order valence-corrected chi connectivity index (χ4v) is 5.93. The number of carbonyl (C=O) groups excluding carboxylic acids is 1. The van der Waals surface area contributed by atoms with Crippen LogP contribution < -0.4 is 10.0 Å². The van der Waals surface area contributed by atoms with Crippen LogP contribution in [0.5, 0.6) is 0 Å². The number of nitrogens with one attached hydrogen (secondary N) is 2. The van der Waals surface area contributed by atoms with E-state index in [4.69, 9.17) is 11.6 Å². The molecule has 1 aliphatic rings. The van der Waals surface area contributed by atoms with Gasteiger partial charge in [-0.05, 0) is 52.7 Å². The predicted molar refractivity (Wildman–Crippen MR) is 99.8 cm³/mol. The molecular weight excluding hydrogens is 455 g/mol. The van der Waals surface area contributed by atoms with E-state index in [9.17, 15) is 17.6 Å². The number of hydrogen-bond donors (Lipinski definition) is 2. The number of sulfonamides is 1. The summed E-state index contributed by atoms with van der Waals surface area (Å²) in [7, 11) is -3.58. The molecule has 2 heterocycles. The molecule has 0 aliphatic carbocycles. The van der Waals surface area contributed by atoms with Gasteiger partial charge in [-0.2, -0.15) is 0 Å². The van der Waals surface area contributed by atoms with Gasteiger partial charge in [0.05, 0.1) is 26.5 Å². The Morgan fingerprint density at radius 3 is 2.76 bits per heavy atom. The number of rotatable bonds is 3. The van der Waals surface area contributed by atoms with E-state index >= 15 is 0 Å². The van der Waals surface area contributed by atoms with Crippen molar-refractivity contribution in [3.05, 3.63) is 49.8 Å². The van der Waals surface area contributed by atoms with E-state index in [1.807, 2.05) is 12.1 Å². The first-order chi connectivity index (χ1) is 11.7. The van der Waals surface area contributed by atoms with Crippen molar-refractivity contribution in [3.63, 3.8) is 0 Å². The fraction of sp³-hybridized carbons (Fsp3) is 0.267. The van der Waals surface area contributed by atoms with Gasteiger partial charge in [-0.3, -0.25) is 4.79 Å². The van der Waals surface area contributed by atoms with E-state index in [2.05, 4.69) is 26.0 Å². The van der Waals surface area contributed by atoms with Crippen molar-refractivity contribution >= 4 is 60.5 Å². The molecule has 1 fully saturated rings. The molecule has 1 aromatic carbocycles. The molecule has 1 amide bonds. The Bertz CT molecular complexity index is 919. The summed E-state index contributed by atoms with van der Waals surface area (Å²) in [6.45, 7) is 0. The Balaban J connectivity index is 1.77. The number of benzene rings is 1. The molecule has 0 radical (unpaired) electrons. The fourth-order valence-electron chi connectivity index (χ4n) is 2.62. The lowest BCUT2D eigenvalue weighted by Crippen LogP contribution is -2.44. The maximum absolute atomic E-state index is 13.2. The Morgan fingerprint density at radius 1 is 1.36 bits per heavy atom. The molecule has 2 N–H and O–H groups in total. The number of carbonyl (C=O) groups is 1. The molecule has 1 saturated heterocycles. The second kappa shape index (κ2) is 7.32. The lowest BCUT2D eigenvalue weighted by molar-refractivity contribution is -0.119. The zero-order valence-electron chi connectivity index (χ0n) is 12.6. The predicted octanol–water partition coefficient (Wildman–Crippen LogP) is 3.92. The quantitative estimate of drug-likeness (QED) is 0.718. The number of anilines is 1.